The van der Waals surface area contributed by atoms with E-state index in [2.05, 4.69) is 5.32 Å². The van der Waals surface area contributed by atoms with E-state index in [1.165, 1.54) is 18.2 Å². The van der Waals surface area contributed by atoms with E-state index in [9.17, 15) is 14.0 Å². The number of ether oxygens (including phenoxy) is 1. The van der Waals surface area contributed by atoms with E-state index in [1.807, 2.05) is 31.2 Å². The SMILES string of the molecule is Cc1cccc(-c2c(N)n(CC3CCCO3)c(=O)c3cc(NC(=O)c4ccccc4F)ccc23)c1. The molecule has 0 spiro atoms. The van der Waals surface area contributed by atoms with Crippen LogP contribution in [0.1, 0.15) is 28.8 Å². The minimum Gasteiger partial charge on any atom is -0.384 e. The van der Waals surface area contributed by atoms with E-state index >= 15 is 0 Å². The maximum absolute atomic E-state index is 14.1. The maximum atomic E-state index is 14.1. The fourth-order valence-electron chi connectivity index (χ4n) is 4.67. The molecule has 1 atom stereocenters. The number of nitrogen functional groups attached to an aromatic ring is 1. The van der Waals surface area contributed by atoms with E-state index in [4.69, 9.17) is 10.5 Å². The van der Waals surface area contributed by atoms with Crippen LogP contribution in [0.15, 0.2) is 71.5 Å². The Balaban J connectivity index is 1.65. The van der Waals surface area contributed by atoms with Crippen molar-refractivity contribution in [2.45, 2.75) is 32.4 Å². The first-order valence-electron chi connectivity index (χ1n) is 11.6. The fraction of sp³-hybridized carbons (Fsp3) is 0.214. The van der Waals surface area contributed by atoms with Gasteiger partial charge in [-0.1, -0.05) is 48.0 Å². The lowest BCUT2D eigenvalue weighted by molar-refractivity contribution is 0.0968. The number of anilines is 2. The molecule has 0 saturated carbocycles. The standard InChI is InChI=1S/C28H26FN3O3/c1-17-6-4-7-18(14-17)25-21-12-11-19(31-27(33)22-9-2-3-10-24(22)29)15-23(21)28(34)32(26(25)30)16-20-8-5-13-35-20/h2-4,6-7,9-12,14-15,20H,5,8,13,16,30H2,1H3,(H,31,33). The molecule has 0 radical (unpaired) electrons. The van der Waals surface area contributed by atoms with E-state index < -0.39 is 11.7 Å². The molecule has 1 amide bonds. The summed E-state index contributed by atoms with van der Waals surface area (Å²) in [4.78, 5) is 26.3. The minimum atomic E-state index is -0.612. The first-order valence-corrected chi connectivity index (χ1v) is 11.6. The quantitative estimate of drug-likeness (QED) is 0.423. The lowest BCUT2D eigenvalue weighted by Gasteiger charge is -2.20. The third kappa shape index (κ3) is 4.42. The molecule has 7 heteroatoms. The molecule has 178 valence electrons. The second kappa shape index (κ2) is 9.35. The summed E-state index contributed by atoms with van der Waals surface area (Å²) < 4.78 is 21.4. The molecule has 6 nitrogen and oxygen atoms in total. The number of halogens is 1. The van der Waals surface area contributed by atoms with Crippen molar-refractivity contribution in [3.63, 3.8) is 0 Å². The Morgan fingerprint density at radius 1 is 1.11 bits per heavy atom. The van der Waals surface area contributed by atoms with Gasteiger partial charge < -0.3 is 15.8 Å². The van der Waals surface area contributed by atoms with Gasteiger partial charge in [0, 0.05) is 23.2 Å². The highest BCUT2D eigenvalue weighted by molar-refractivity contribution is 6.07. The summed E-state index contributed by atoms with van der Waals surface area (Å²) in [5.41, 5.74) is 9.41. The first kappa shape index (κ1) is 22.8. The summed E-state index contributed by atoms with van der Waals surface area (Å²) >= 11 is 0. The fourth-order valence-corrected chi connectivity index (χ4v) is 4.67. The van der Waals surface area contributed by atoms with Gasteiger partial charge in [0.05, 0.1) is 18.2 Å². The number of hydrogen-bond donors (Lipinski definition) is 2. The van der Waals surface area contributed by atoms with Crippen LogP contribution in [0.3, 0.4) is 0 Å². The van der Waals surface area contributed by atoms with Crippen molar-refractivity contribution < 1.29 is 13.9 Å². The Bertz CT molecular complexity index is 1490. The second-order valence-corrected chi connectivity index (χ2v) is 8.87. The third-order valence-electron chi connectivity index (χ3n) is 6.40. The summed E-state index contributed by atoms with van der Waals surface area (Å²) in [6, 6.07) is 18.8. The molecule has 4 aromatic rings. The molecule has 2 heterocycles. The van der Waals surface area contributed by atoms with Crippen molar-refractivity contribution in [1.29, 1.82) is 0 Å². The van der Waals surface area contributed by atoms with Gasteiger partial charge in [-0.05, 0) is 55.0 Å². The number of hydrogen-bond acceptors (Lipinski definition) is 4. The highest BCUT2D eigenvalue weighted by Crippen LogP contribution is 2.34. The van der Waals surface area contributed by atoms with Gasteiger partial charge in [0.25, 0.3) is 11.5 Å². The molecular formula is C28H26FN3O3. The molecule has 0 bridgehead atoms. The average Bonchev–Trinajstić information content (AvgIpc) is 3.36. The monoisotopic (exact) mass is 471 g/mol. The summed E-state index contributed by atoms with van der Waals surface area (Å²) in [5.74, 6) is -0.817. The number of pyridine rings is 1. The van der Waals surface area contributed by atoms with Gasteiger partial charge in [-0.3, -0.25) is 14.2 Å². The van der Waals surface area contributed by atoms with Crippen molar-refractivity contribution in [2.75, 3.05) is 17.7 Å². The Kier molecular flexibility index (Phi) is 6.09. The normalized spacial score (nSPS) is 15.4. The number of aromatic nitrogens is 1. The number of rotatable bonds is 5. The Morgan fingerprint density at radius 2 is 1.94 bits per heavy atom. The maximum Gasteiger partial charge on any atom is 0.260 e. The van der Waals surface area contributed by atoms with Gasteiger partial charge in [0.15, 0.2) is 0 Å². The number of carbonyl (C=O) groups excluding carboxylic acids is 1. The molecule has 5 rings (SSSR count). The van der Waals surface area contributed by atoms with Gasteiger partial charge in [0.1, 0.15) is 11.6 Å². The van der Waals surface area contributed by atoms with Crippen LogP contribution in [0.4, 0.5) is 15.9 Å². The first-order chi connectivity index (χ1) is 16.9. The van der Waals surface area contributed by atoms with Gasteiger partial charge >= 0.3 is 0 Å². The van der Waals surface area contributed by atoms with E-state index in [-0.39, 0.29) is 17.2 Å². The van der Waals surface area contributed by atoms with Crippen LogP contribution in [0.25, 0.3) is 21.9 Å². The van der Waals surface area contributed by atoms with Crippen LogP contribution in [0.5, 0.6) is 0 Å². The van der Waals surface area contributed by atoms with Crippen molar-refractivity contribution >= 4 is 28.2 Å². The molecule has 1 fully saturated rings. The summed E-state index contributed by atoms with van der Waals surface area (Å²) in [7, 11) is 0. The van der Waals surface area contributed by atoms with Crippen molar-refractivity contribution in [1.82, 2.24) is 4.57 Å². The molecular weight excluding hydrogens is 445 g/mol. The van der Waals surface area contributed by atoms with E-state index in [1.54, 1.807) is 28.8 Å². The van der Waals surface area contributed by atoms with Gasteiger partial charge in [-0.25, -0.2) is 4.39 Å². The zero-order valence-electron chi connectivity index (χ0n) is 19.4. The molecule has 0 aliphatic carbocycles. The van der Waals surface area contributed by atoms with Crippen LogP contribution < -0.4 is 16.6 Å². The van der Waals surface area contributed by atoms with Crippen molar-refractivity contribution in [2.24, 2.45) is 0 Å². The number of amides is 1. The van der Waals surface area contributed by atoms with Gasteiger partial charge in [-0.2, -0.15) is 0 Å². The van der Waals surface area contributed by atoms with Crippen LogP contribution in [-0.2, 0) is 11.3 Å². The predicted octanol–water partition coefficient (Wildman–Crippen LogP) is 5.13. The summed E-state index contributed by atoms with van der Waals surface area (Å²) in [5, 5.41) is 3.81. The molecule has 3 aromatic carbocycles. The molecule has 1 aromatic heterocycles. The Morgan fingerprint density at radius 3 is 2.69 bits per heavy atom. The molecule has 35 heavy (non-hydrogen) atoms. The number of carbonyl (C=O) groups is 1. The van der Waals surface area contributed by atoms with Crippen LogP contribution >= 0.6 is 0 Å². The lowest BCUT2D eigenvalue weighted by atomic mass is 9.97. The van der Waals surface area contributed by atoms with Crippen LogP contribution in [0.2, 0.25) is 0 Å². The van der Waals surface area contributed by atoms with Crippen LogP contribution in [-0.4, -0.2) is 23.2 Å². The lowest BCUT2D eigenvalue weighted by Crippen LogP contribution is -2.29. The topological polar surface area (TPSA) is 86.3 Å². The van der Waals surface area contributed by atoms with Gasteiger partial charge in [0.2, 0.25) is 0 Å². The Hall–Kier alpha value is -3.97. The Labute approximate surface area is 202 Å². The zero-order valence-corrected chi connectivity index (χ0v) is 19.4. The largest absolute Gasteiger partial charge is 0.384 e. The zero-order chi connectivity index (χ0) is 24.5. The molecule has 1 aliphatic rings. The minimum absolute atomic E-state index is 0.0684. The van der Waals surface area contributed by atoms with E-state index in [0.29, 0.717) is 35.4 Å². The van der Waals surface area contributed by atoms with Crippen molar-refractivity contribution in [3.05, 3.63) is 94.0 Å². The average molecular weight is 472 g/mol. The second-order valence-electron chi connectivity index (χ2n) is 8.87. The predicted molar refractivity (Wildman–Crippen MR) is 136 cm³/mol. The summed E-state index contributed by atoms with van der Waals surface area (Å²) in [6.45, 7) is 3.02. The summed E-state index contributed by atoms with van der Waals surface area (Å²) in [6.07, 6.45) is 1.73. The number of nitrogens with two attached hydrogens (primary N) is 1. The molecule has 1 aliphatic heterocycles. The van der Waals surface area contributed by atoms with Gasteiger partial charge in [-0.15, -0.1) is 0 Å². The van der Waals surface area contributed by atoms with Crippen molar-refractivity contribution in [3.8, 4) is 11.1 Å². The molecule has 1 saturated heterocycles. The number of fused-ring (bicyclic) bond motifs is 1. The number of nitrogens with zero attached hydrogens (tertiary/aromatic N) is 1. The van der Waals surface area contributed by atoms with E-state index in [0.717, 1.165) is 29.5 Å². The third-order valence-corrected chi connectivity index (χ3v) is 6.40. The molecule has 1 unspecified atom stereocenters. The highest BCUT2D eigenvalue weighted by atomic mass is 19.1. The smallest absolute Gasteiger partial charge is 0.260 e. The number of nitrogens with one attached hydrogen (secondary N) is 1. The highest BCUT2D eigenvalue weighted by Gasteiger charge is 2.22. The molecule has 3 N–H and O–H groups in total. The number of aryl methyl sites for hydroxylation is 1. The van der Waals surface area contributed by atoms with Crippen LogP contribution in [0, 0.1) is 12.7 Å². The number of benzene rings is 3.